The molecule has 1 rings (SSSR count). The first kappa shape index (κ1) is 22.7. The predicted molar refractivity (Wildman–Crippen MR) is 105 cm³/mol. The fraction of sp³-hybridized carbons (Fsp3) is 0.571. The van der Waals surface area contributed by atoms with Crippen LogP contribution in [0.4, 0.5) is 0 Å². The van der Waals surface area contributed by atoms with Crippen LogP contribution in [0, 0.1) is 18.3 Å². The number of carboxylic acids is 1. The monoisotopic (exact) mass is 376 g/mol. The highest BCUT2D eigenvalue weighted by atomic mass is 16.4. The molecule has 0 aromatic heterocycles. The van der Waals surface area contributed by atoms with E-state index in [-0.39, 0.29) is 18.2 Å². The standard InChI is InChI=1S/C21H32N2O4/c1-7-15(14-10-8-13(2)9-11-14)16(12-17(24)25)19(26)23-18(20(27)22-6)21(3,4)5/h8-11,15-16,18H,7,12H2,1-6H3,(H,22,27)(H,23,26)(H,24,25). The van der Waals surface area contributed by atoms with E-state index in [1.54, 1.807) is 0 Å². The average Bonchev–Trinajstić information content (AvgIpc) is 2.58. The lowest BCUT2D eigenvalue weighted by Crippen LogP contribution is -2.54. The van der Waals surface area contributed by atoms with Gasteiger partial charge < -0.3 is 15.7 Å². The van der Waals surface area contributed by atoms with Crippen molar-refractivity contribution in [2.45, 2.75) is 59.4 Å². The third-order valence-electron chi connectivity index (χ3n) is 4.82. The molecule has 3 unspecified atom stereocenters. The smallest absolute Gasteiger partial charge is 0.304 e. The number of amides is 2. The van der Waals surface area contributed by atoms with E-state index in [1.165, 1.54) is 7.05 Å². The number of rotatable bonds is 8. The molecular formula is C21H32N2O4. The molecule has 0 aliphatic carbocycles. The fourth-order valence-electron chi connectivity index (χ4n) is 3.24. The van der Waals surface area contributed by atoms with Crippen LogP contribution in [0.1, 0.15) is 57.6 Å². The number of hydrogen-bond donors (Lipinski definition) is 3. The van der Waals surface area contributed by atoms with Gasteiger partial charge in [0.1, 0.15) is 6.04 Å². The number of aliphatic carboxylic acids is 1. The van der Waals surface area contributed by atoms with Crippen molar-refractivity contribution in [3.8, 4) is 0 Å². The first-order valence-electron chi connectivity index (χ1n) is 9.31. The second kappa shape index (κ2) is 9.53. The number of hydrogen-bond acceptors (Lipinski definition) is 3. The zero-order chi connectivity index (χ0) is 20.8. The largest absolute Gasteiger partial charge is 0.481 e. The number of carbonyl (C=O) groups excluding carboxylic acids is 2. The number of benzene rings is 1. The van der Waals surface area contributed by atoms with E-state index in [2.05, 4.69) is 10.6 Å². The number of carbonyl (C=O) groups is 3. The van der Waals surface area contributed by atoms with Gasteiger partial charge >= 0.3 is 5.97 Å². The molecule has 0 aliphatic heterocycles. The molecule has 6 nitrogen and oxygen atoms in total. The number of aryl methyl sites for hydroxylation is 1. The van der Waals surface area contributed by atoms with Gasteiger partial charge in [0.05, 0.1) is 12.3 Å². The van der Waals surface area contributed by atoms with Gasteiger partial charge in [0.25, 0.3) is 0 Å². The summed E-state index contributed by atoms with van der Waals surface area (Å²) in [4.78, 5) is 36.7. The topological polar surface area (TPSA) is 95.5 Å². The van der Waals surface area contributed by atoms with Crippen molar-refractivity contribution < 1.29 is 19.5 Å². The lowest BCUT2D eigenvalue weighted by molar-refractivity contribution is -0.142. The zero-order valence-electron chi connectivity index (χ0n) is 17.1. The van der Waals surface area contributed by atoms with Crippen LogP contribution in [0.3, 0.4) is 0 Å². The molecule has 6 heteroatoms. The van der Waals surface area contributed by atoms with Gasteiger partial charge in [-0.05, 0) is 30.2 Å². The summed E-state index contributed by atoms with van der Waals surface area (Å²) in [5, 5.41) is 14.7. The molecule has 0 bridgehead atoms. The van der Waals surface area contributed by atoms with E-state index in [1.807, 2.05) is 58.9 Å². The predicted octanol–water partition coefficient (Wildman–Crippen LogP) is 2.86. The van der Waals surface area contributed by atoms with E-state index in [0.29, 0.717) is 6.42 Å². The van der Waals surface area contributed by atoms with Crippen LogP contribution >= 0.6 is 0 Å². The zero-order valence-corrected chi connectivity index (χ0v) is 17.1. The third-order valence-corrected chi connectivity index (χ3v) is 4.82. The second-order valence-electron chi connectivity index (χ2n) is 8.05. The molecule has 150 valence electrons. The lowest BCUT2D eigenvalue weighted by atomic mass is 9.80. The highest BCUT2D eigenvalue weighted by Gasteiger charge is 2.37. The molecule has 3 N–H and O–H groups in total. The molecule has 3 atom stereocenters. The fourth-order valence-corrected chi connectivity index (χ4v) is 3.24. The quantitative estimate of drug-likeness (QED) is 0.650. The van der Waals surface area contributed by atoms with Crippen LogP contribution in [0.25, 0.3) is 0 Å². The minimum absolute atomic E-state index is 0.244. The second-order valence-corrected chi connectivity index (χ2v) is 8.05. The van der Waals surface area contributed by atoms with Gasteiger partial charge in [0.2, 0.25) is 11.8 Å². The Morgan fingerprint density at radius 1 is 1.07 bits per heavy atom. The van der Waals surface area contributed by atoms with Gasteiger partial charge in [0.15, 0.2) is 0 Å². The Morgan fingerprint density at radius 3 is 2.04 bits per heavy atom. The van der Waals surface area contributed by atoms with Crippen molar-refractivity contribution in [3.05, 3.63) is 35.4 Å². The molecule has 0 spiro atoms. The van der Waals surface area contributed by atoms with Crippen LogP contribution < -0.4 is 10.6 Å². The Bertz CT molecular complexity index is 662. The third kappa shape index (κ3) is 6.38. The lowest BCUT2D eigenvalue weighted by Gasteiger charge is -2.33. The van der Waals surface area contributed by atoms with Gasteiger partial charge in [-0.2, -0.15) is 0 Å². The number of carboxylic acid groups (broad SMARTS) is 1. The summed E-state index contributed by atoms with van der Waals surface area (Å²) >= 11 is 0. The summed E-state index contributed by atoms with van der Waals surface area (Å²) in [5.74, 6) is -2.74. The summed E-state index contributed by atoms with van der Waals surface area (Å²) in [7, 11) is 1.52. The Morgan fingerprint density at radius 2 is 1.63 bits per heavy atom. The van der Waals surface area contributed by atoms with Crippen molar-refractivity contribution in [2.75, 3.05) is 7.05 Å². The Hall–Kier alpha value is -2.37. The van der Waals surface area contributed by atoms with Gasteiger partial charge in [-0.3, -0.25) is 14.4 Å². The van der Waals surface area contributed by atoms with Crippen molar-refractivity contribution >= 4 is 17.8 Å². The number of nitrogens with one attached hydrogen (secondary N) is 2. The molecule has 0 aliphatic rings. The Balaban J connectivity index is 3.19. The summed E-state index contributed by atoms with van der Waals surface area (Å²) in [6.07, 6.45) is 0.331. The van der Waals surface area contributed by atoms with E-state index >= 15 is 0 Å². The Kier molecular flexibility index (Phi) is 8.00. The molecule has 2 amide bonds. The van der Waals surface area contributed by atoms with Gasteiger partial charge in [-0.25, -0.2) is 0 Å². The first-order valence-corrected chi connectivity index (χ1v) is 9.31. The maximum atomic E-state index is 13.0. The summed E-state index contributed by atoms with van der Waals surface area (Å²) < 4.78 is 0. The maximum absolute atomic E-state index is 13.0. The van der Waals surface area contributed by atoms with Crippen molar-refractivity contribution in [1.82, 2.24) is 10.6 Å². The normalized spacial score (nSPS) is 14.7. The van der Waals surface area contributed by atoms with E-state index < -0.39 is 29.3 Å². The molecule has 0 heterocycles. The van der Waals surface area contributed by atoms with Crippen molar-refractivity contribution in [1.29, 1.82) is 0 Å². The summed E-state index contributed by atoms with van der Waals surface area (Å²) in [6.45, 7) is 9.49. The molecule has 1 aromatic rings. The summed E-state index contributed by atoms with van der Waals surface area (Å²) in [6, 6.07) is 7.03. The highest BCUT2D eigenvalue weighted by molar-refractivity contribution is 5.90. The van der Waals surface area contributed by atoms with Crippen LogP contribution in [0.15, 0.2) is 24.3 Å². The van der Waals surface area contributed by atoms with Crippen molar-refractivity contribution in [3.63, 3.8) is 0 Å². The molecule has 0 radical (unpaired) electrons. The molecule has 1 aromatic carbocycles. The first-order chi connectivity index (χ1) is 12.5. The minimum atomic E-state index is -1.03. The van der Waals surface area contributed by atoms with E-state index in [9.17, 15) is 19.5 Å². The molecule has 27 heavy (non-hydrogen) atoms. The van der Waals surface area contributed by atoms with Gasteiger partial charge in [-0.15, -0.1) is 0 Å². The van der Waals surface area contributed by atoms with Crippen molar-refractivity contribution in [2.24, 2.45) is 11.3 Å². The summed E-state index contributed by atoms with van der Waals surface area (Å²) in [5.41, 5.74) is 1.52. The van der Waals surface area contributed by atoms with Crippen LogP contribution in [-0.2, 0) is 14.4 Å². The molecule has 0 saturated carbocycles. The minimum Gasteiger partial charge on any atom is -0.481 e. The average molecular weight is 376 g/mol. The van der Waals surface area contributed by atoms with E-state index in [4.69, 9.17) is 0 Å². The molecule has 0 fully saturated rings. The van der Waals surface area contributed by atoms with Gasteiger partial charge in [0, 0.05) is 7.05 Å². The highest BCUT2D eigenvalue weighted by Crippen LogP contribution is 2.32. The molecule has 0 saturated heterocycles. The van der Waals surface area contributed by atoms with Gasteiger partial charge in [-0.1, -0.05) is 57.5 Å². The van der Waals surface area contributed by atoms with E-state index in [0.717, 1.165) is 11.1 Å². The molecular weight excluding hydrogens is 344 g/mol. The maximum Gasteiger partial charge on any atom is 0.304 e. The van der Waals surface area contributed by atoms with Crippen LogP contribution in [0.5, 0.6) is 0 Å². The van der Waals surface area contributed by atoms with Crippen LogP contribution in [-0.4, -0.2) is 36.0 Å². The SMILES string of the molecule is CCC(c1ccc(C)cc1)C(CC(=O)O)C(=O)NC(C(=O)NC)C(C)(C)C. The Labute approximate surface area is 161 Å². The number of likely N-dealkylation sites (N-methyl/N-ethyl adjacent to an activating group) is 1. The van der Waals surface area contributed by atoms with Crippen LogP contribution in [0.2, 0.25) is 0 Å².